The summed E-state index contributed by atoms with van der Waals surface area (Å²) >= 11 is 1.56. The van der Waals surface area contributed by atoms with Crippen LogP contribution in [0.25, 0.3) is 0 Å². The van der Waals surface area contributed by atoms with Gasteiger partial charge in [-0.25, -0.2) is 0 Å². The Morgan fingerprint density at radius 2 is 2.24 bits per heavy atom. The summed E-state index contributed by atoms with van der Waals surface area (Å²) in [4.78, 5) is 15.1. The normalized spacial score (nSPS) is 14.9. The maximum atomic E-state index is 12.0. The van der Waals surface area contributed by atoms with Gasteiger partial charge in [-0.15, -0.1) is 11.3 Å². The summed E-state index contributed by atoms with van der Waals surface area (Å²) in [6.45, 7) is 6.28. The summed E-state index contributed by atoms with van der Waals surface area (Å²) in [5, 5.41) is 1.14. The molecule has 1 aliphatic carbocycles. The first-order valence-electron chi connectivity index (χ1n) is 6.35. The van der Waals surface area contributed by atoms with Gasteiger partial charge in [0.1, 0.15) is 0 Å². The summed E-state index contributed by atoms with van der Waals surface area (Å²) in [5.41, 5.74) is 6.62. The van der Waals surface area contributed by atoms with Crippen LogP contribution >= 0.6 is 11.3 Å². The van der Waals surface area contributed by atoms with Crippen LogP contribution in [0, 0.1) is 5.92 Å². The van der Waals surface area contributed by atoms with Crippen molar-refractivity contribution < 1.29 is 4.79 Å². The molecular formula is C13H20N2OS. The van der Waals surface area contributed by atoms with Crippen molar-refractivity contribution in [3.8, 4) is 0 Å². The minimum absolute atomic E-state index is 0.255. The van der Waals surface area contributed by atoms with E-state index in [1.54, 1.807) is 11.3 Å². The van der Waals surface area contributed by atoms with Crippen molar-refractivity contribution in [3.63, 3.8) is 0 Å². The highest BCUT2D eigenvalue weighted by Gasteiger charge is 2.32. The second-order valence-corrected chi connectivity index (χ2v) is 5.62. The zero-order chi connectivity index (χ0) is 12.4. The molecule has 0 atom stereocenters. The number of anilines is 2. The molecule has 0 unspecified atom stereocenters. The fourth-order valence-corrected chi connectivity index (χ4v) is 3.15. The molecule has 3 nitrogen and oxygen atoms in total. The van der Waals surface area contributed by atoms with Crippen molar-refractivity contribution >= 4 is 27.8 Å². The van der Waals surface area contributed by atoms with E-state index >= 15 is 0 Å². The number of thiophene rings is 1. The Morgan fingerprint density at radius 1 is 1.53 bits per heavy atom. The lowest BCUT2D eigenvalue weighted by Gasteiger charge is -2.19. The van der Waals surface area contributed by atoms with Crippen LogP contribution in [0.2, 0.25) is 0 Å². The highest BCUT2D eigenvalue weighted by atomic mass is 32.1. The molecule has 0 amide bonds. The van der Waals surface area contributed by atoms with Gasteiger partial charge in [-0.05, 0) is 32.3 Å². The van der Waals surface area contributed by atoms with Gasteiger partial charge in [0.05, 0.1) is 15.6 Å². The molecule has 1 aromatic heterocycles. The third-order valence-electron chi connectivity index (χ3n) is 3.11. The van der Waals surface area contributed by atoms with Crippen molar-refractivity contribution in [2.24, 2.45) is 5.92 Å². The van der Waals surface area contributed by atoms with Gasteiger partial charge in [-0.3, -0.25) is 4.79 Å². The van der Waals surface area contributed by atoms with Crippen LogP contribution in [0.1, 0.15) is 42.8 Å². The zero-order valence-electron chi connectivity index (χ0n) is 10.5. The predicted octanol–water partition coefficient (Wildman–Crippen LogP) is 3.16. The largest absolute Gasteiger partial charge is 0.397 e. The molecule has 0 bridgehead atoms. The first-order chi connectivity index (χ1) is 8.17. The van der Waals surface area contributed by atoms with E-state index in [1.807, 2.05) is 6.07 Å². The SMILES string of the molecule is CCCN(CC)c1cc(N)c(C(=O)C2CC2)s1. The van der Waals surface area contributed by atoms with Gasteiger partial charge in [-0.2, -0.15) is 0 Å². The van der Waals surface area contributed by atoms with Crippen LogP contribution in [0.3, 0.4) is 0 Å². The number of nitrogen functional groups attached to an aromatic ring is 1. The Balaban J connectivity index is 2.19. The van der Waals surface area contributed by atoms with E-state index < -0.39 is 0 Å². The number of nitrogens with zero attached hydrogens (tertiary/aromatic N) is 1. The van der Waals surface area contributed by atoms with E-state index in [2.05, 4.69) is 18.7 Å². The maximum absolute atomic E-state index is 12.0. The van der Waals surface area contributed by atoms with Crippen LogP contribution in [0.15, 0.2) is 6.07 Å². The molecule has 0 aromatic carbocycles. The van der Waals surface area contributed by atoms with E-state index in [-0.39, 0.29) is 11.7 Å². The highest BCUT2D eigenvalue weighted by Crippen LogP contribution is 2.39. The average Bonchev–Trinajstić information content (AvgIpc) is 3.09. The number of nitrogens with two attached hydrogens (primary N) is 1. The van der Waals surface area contributed by atoms with Crippen molar-refractivity contribution in [2.75, 3.05) is 23.7 Å². The quantitative estimate of drug-likeness (QED) is 0.791. The number of hydrogen-bond donors (Lipinski definition) is 1. The van der Waals surface area contributed by atoms with Gasteiger partial charge in [0.25, 0.3) is 0 Å². The van der Waals surface area contributed by atoms with E-state index in [4.69, 9.17) is 5.73 Å². The van der Waals surface area contributed by atoms with Crippen LogP contribution in [-0.2, 0) is 0 Å². The molecule has 94 valence electrons. The fraction of sp³-hybridized carbons (Fsp3) is 0.615. The van der Waals surface area contributed by atoms with E-state index in [9.17, 15) is 4.79 Å². The number of rotatable bonds is 6. The molecule has 2 N–H and O–H groups in total. The number of Topliss-reactive ketones (excluding diaryl/α,β-unsaturated/α-hetero) is 1. The van der Waals surface area contributed by atoms with Crippen molar-refractivity contribution in [2.45, 2.75) is 33.1 Å². The number of carbonyl (C=O) groups excluding carboxylic acids is 1. The summed E-state index contributed by atoms with van der Waals surface area (Å²) < 4.78 is 0. The zero-order valence-corrected chi connectivity index (χ0v) is 11.3. The summed E-state index contributed by atoms with van der Waals surface area (Å²) in [6.07, 6.45) is 3.19. The van der Waals surface area contributed by atoms with Gasteiger partial charge in [0.2, 0.25) is 0 Å². The Morgan fingerprint density at radius 3 is 2.76 bits per heavy atom. The van der Waals surface area contributed by atoms with E-state index in [0.717, 1.165) is 42.2 Å². The van der Waals surface area contributed by atoms with Gasteiger partial charge in [0, 0.05) is 19.0 Å². The van der Waals surface area contributed by atoms with Crippen LogP contribution in [-0.4, -0.2) is 18.9 Å². The lowest BCUT2D eigenvalue weighted by atomic mass is 10.2. The molecule has 0 radical (unpaired) electrons. The predicted molar refractivity (Wildman–Crippen MR) is 74.0 cm³/mol. The van der Waals surface area contributed by atoms with Crippen LogP contribution in [0.4, 0.5) is 10.7 Å². The molecule has 0 saturated heterocycles. The van der Waals surface area contributed by atoms with Gasteiger partial charge in [0.15, 0.2) is 5.78 Å². The molecule has 2 rings (SSSR count). The molecule has 0 spiro atoms. The third-order valence-corrected chi connectivity index (χ3v) is 4.33. The van der Waals surface area contributed by atoms with Crippen LogP contribution in [0.5, 0.6) is 0 Å². The maximum Gasteiger partial charge on any atom is 0.178 e. The number of carbonyl (C=O) groups is 1. The average molecular weight is 252 g/mol. The second kappa shape index (κ2) is 5.08. The first-order valence-corrected chi connectivity index (χ1v) is 7.17. The molecular weight excluding hydrogens is 232 g/mol. The van der Waals surface area contributed by atoms with Gasteiger partial charge >= 0.3 is 0 Å². The molecule has 4 heteroatoms. The molecule has 1 saturated carbocycles. The molecule has 17 heavy (non-hydrogen) atoms. The Bertz CT molecular complexity index is 410. The van der Waals surface area contributed by atoms with Crippen molar-refractivity contribution in [3.05, 3.63) is 10.9 Å². The van der Waals surface area contributed by atoms with Gasteiger partial charge < -0.3 is 10.6 Å². The van der Waals surface area contributed by atoms with E-state index in [0.29, 0.717) is 5.69 Å². The minimum atomic E-state index is 0.255. The summed E-state index contributed by atoms with van der Waals surface area (Å²) in [5.74, 6) is 0.511. The van der Waals surface area contributed by atoms with Crippen LogP contribution < -0.4 is 10.6 Å². The lowest BCUT2D eigenvalue weighted by Crippen LogP contribution is -2.22. The topological polar surface area (TPSA) is 46.3 Å². The fourth-order valence-electron chi connectivity index (χ4n) is 1.96. The monoisotopic (exact) mass is 252 g/mol. The minimum Gasteiger partial charge on any atom is -0.397 e. The van der Waals surface area contributed by atoms with Gasteiger partial charge in [-0.1, -0.05) is 6.92 Å². The standard InChI is InChI=1S/C13H20N2OS/c1-3-7-15(4-2)11-8-10(14)13(17-11)12(16)9-5-6-9/h8-9H,3-7,14H2,1-2H3. The lowest BCUT2D eigenvalue weighted by molar-refractivity contribution is 0.0972. The van der Waals surface area contributed by atoms with Crippen molar-refractivity contribution in [1.29, 1.82) is 0 Å². The second-order valence-electron chi connectivity index (χ2n) is 4.59. The summed E-state index contributed by atoms with van der Waals surface area (Å²) in [7, 11) is 0. The molecule has 1 heterocycles. The van der Waals surface area contributed by atoms with E-state index in [1.165, 1.54) is 0 Å². The third kappa shape index (κ3) is 2.63. The number of ketones is 1. The molecule has 1 fully saturated rings. The molecule has 1 aliphatic rings. The smallest absolute Gasteiger partial charge is 0.178 e. The van der Waals surface area contributed by atoms with Crippen molar-refractivity contribution in [1.82, 2.24) is 0 Å². The molecule has 0 aliphatic heterocycles. The Hall–Kier alpha value is -1.03. The Labute approximate surface area is 107 Å². The highest BCUT2D eigenvalue weighted by molar-refractivity contribution is 7.18. The summed E-state index contributed by atoms with van der Waals surface area (Å²) in [6, 6.07) is 1.96. The molecule has 1 aromatic rings. The Kier molecular flexibility index (Phi) is 3.72. The number of hydrogen-bond acceptors (Lipinski definition) is 4. The first kappa shape index (κ1) is 12.4.